The molecule has 238 valence electrons. The third kappa shape index (κ3) is 3.97. The van der Waals surface area contributed by atoms with Gasteiger partial charge >= 0.3 is 0 Å². The van der Waals surface area contributed by atoms with Crippen LogP contribution in [-0.4, -0.2) is 0 Å². The number of thiophene rings is 1. The largest absolute Gasteiger partial charge is 0.310 e. The summed E-state index contributed by atoms with van der Waals surface area (Å²) in [6.45, 7) is 0. The molecule has 0 radical (unpaired) electrons. The maximum atomic E-state index is 2.53. The summed E-state index contributed by atoms with van der Waals surface area (Å²) in [4.78, 5) is 2.40. The second kappa shape index (κ2) is 10.9. The molecule has 11 rings (SSSR count). The Balaban J connectivity index is 1.31. The third-order valence-electron chi connectivity index (χ3n) is 11.1. The minimum Gasteiger partial charge on any atom is -0.310 e. The number of fused-ring (bicyclic) bond motifs is 15. The summed E-state index contributed by atoms with van der Waals surface area (Å²) in [5, 5.41) is 2.66. The Morgan fingerprint density at radius 3 is 1.49 bits per heavy atom. The molecule has 0 saturated carbocycles. The van der Waals surface area contributed by atoms with Crippen LogP contribution in [-0.2, 0) is 5.41 Å². The first kappa shape index (κ1) is 28.6. The van der Waals surface area contributed by atoms with Gasteiger partial charge in [0.1, 0.15) is 0 Å². The molecule has 0 bridgehead atoms. The molecule has 9 aromatic rings. The molecule has 2 heteroatoms. The van der Waals surface area contributed by atoms with Crippen LogP contribution in [0.5, 0.6) is 0 Å². The van der Waals surface area contributed by atoms with Crippen molar-refractivity contribution in [3.8, 4) is 33.4 Å². The Hall–Kier alpha value is -6.22. The van der Waals surface area contributed by atoms with Crippen molar-refractivity contribution in [2.45, 2.75) is 5.41 Å². The van der Waals surface area contributed by atoms with Crippen LogP contribution < -0.4 is 4.90 Å². The van der Waals surface area contributed by atoms with Gasteiger partial charge in [0.05, 0.1) is 5.41 Å². The summed E-state index contributed by atoms with van der Waals surface area (Å²) in [6.07, 6.45) is 0. The Morgan fingerprint density at radius 2 is 0.824 bits per heavy atom. The summed E-state index contributed by atoms with van der Waals surface area (Å²) in [5.74, 6) is 0. The van der Waals surface area contributed by atoms with Crippen LogP contribution in [0.1, 0.15) is 22.3 Å². The fourth-order valence-electron chi connectivity index (χ4n) is 9.04. The fraction of sp³-hybridized carbons (Fsp3) is 0.0204. The van der Waals surface area contributed by atoms with Gasteiger partial charge < -0.3 is 4.90 Å². The molecule has 0 amide bonds. The molecule has 2 aliphatic rings. The summed E-state index contributed by atoms with van der Waals surface area (Å²) in [6, 6.07) is 69.9. The lowest BCUT2D eigenvalue weighted by Crippen LogP contribution is -2.29. The van der Waals surface area contributed by atoms with Gasteiger partial charge in [0.25, 0.3) is 0 Å². The quantitative estimate of drug-likeness (QED) is 0.182. The highest BCUT2D eigenvalue weighted by atomic mass is 32.1. The van der Waals surface area contributed by atoms with Crippen LogP contribution in [0.3, 0.4) is 0 Å². The highest BCUT2D eigenvalue weighted by Gasteiger charge is 2.50. The molecular formula is C49H31NS. The molecular weight excluding hydrogens is 635 g/mol. The number of hydrogen-bond acceptors (Lipinski definition) is 2. The average Bonchev–Trinajstić information content (AvgIpc) is 3.67. The van der Waals surface area contributed by atoms with Crippen molar-refractivity contribution < 1.29 is 0 Å². The van der Waals surface area contributed by atoms with Crippen molar-refractivity contribution in [2.24, 2.45) is 0 Å². The van der Waals surface area contributed by atoms with Gasteiger partial charge in [-0.05, 0) is 110 Å². The molecule has 0 fully saturated rings. The van der Waals surface area contributed by atoms with E-state index in [1.54, 1.807) is 0 Å². The minimum absolute atomic E-state index is 0.559. The molecule has 0 N–H and O–H groups in total. The van der Waals surface area contributed by atoms with E-state index in [2.05, 4.69) is 193 Å². The van der Waals surface area contributed by atoms with Crippen molar-refractivity contribution in [2.75, 3.05) is 4.90 Å². The highest BCUT2D eigenvalue weighted by Crippen LogP contribution is 2.63. The molecule has 1 heterocycles. The normalized spacial score (nSPS) is 15.1. The van der Waals surface area contributed by atoms with Crippen molar-refractivity contribution in [3.63, 3.8) is 0 Å². The van der Waals surface area contributed by atoms with Crippen LogP contribution in [0.15, 0.2) is 188 Å². The maximum absolute atomic E-state index is 2.53. The van der Waals surface area contributed by atoms with E-state index >= 15 is 0 Å². The first-order chi connectivity index (χ1) is 25.3. The van der Waals surface area contributed by atoms with Crippen molar-refractivity contribution in [1.29, 1.82) is 0 Å². The Kier molecular flexibility index (Phi) is 6.11. The molecule has 0 aliphatic heterocycles. The first-order valence-corrected chi connectivity index (χ1v) is 18.4. The number of anilines is 3. The minimum atomic E-state index is -0.559. The van der Waals surface area contributed by atoms with E-state index in [4.69, 9.17) is 0 Å². The standard InChI is InChI=1S/C49H31NS/c1-3-15-32(16-4-1)50(33-17-5-2-6-18-33)34-27-28-39-36-20-8-7-19-35(36)37-21-9-12-24-43(37)49(45(39)29-34)44-25-13-10-22-38(44)41-30-42-40-23-11-14-26-47(40)51-48(42)31-46(41)49/h1-31H. The van der Waals surface area contributed by atoms with E-state index in [9.17, 15) is 0 Å². The molecule has 1 spiro atoms. The second-order valence-corrected chi connectivity index (χ2v) is 14.7. The van der Waals surface area contributed by atoms with E-state index in [0.717, 1.165) is 17.1 Å². The molecule has 2 aliphatic carbocycles. The van der Waals surface area contributed by atoms with Crippen LogP contribution in [0.4, 0.5) is 17.1 Å². The van der Waals surface area contributed by atoms with Crippen molar-refractivity contribution >= 4 is 48.6 Å². The predicted molar refractivity (Wildman–Crippen MR) is 216 cm³/mol. The van der Waals surface area contributed by atoms with Gasteiger partial charge in [0, 0.05) is 37.2 Å². The molecule has 1 aromatic heterocycles. The zero-order valence-corrected chi connectivity index (χ0v) is 28.6. The van der Waals surface area contributed by atoms with Gasteiger partial charge in [0.15, 0.2) is 0 Å². The van der Waals surface area contributed by atoms with Crippen molar-refractivity contribution in [1.82, 2.24) is 0 Å². The van der Waals surface area contributed by atoms with Gasteiger partial charge in [-0.1, -0.05) is 133 Å². The number of nitrogens with zero attached hydrogens (tertiary/aromatic N) is 1. The summed E-state index contributed by atoms with van der Waals surface area (Å²) < 4.78 is 2.66. The summed E-state index contributed by atoms with van der Waals surface area (Å²) >= 11 is 1.90. The van der Waals surface area contributed by atoms with Crippen molar-refractivity contribution in [3.05, 3.63) is 210 Å². The molecule has 1 nitrogen and oxygen atoms in total. The van der Waals surface area contributed by atoms with Crippen LogP contribution in [0.25, 0.3) is 53.6 Å². The maximum Gasteiger partial charge on any atom is 0.0726 e. The zero-order valence-electron chi connectivity index (χ0n) is 27.8. The lowest BCUT2D eigenvalue weighted by molar-refractivity contribution is 0.776. The van der Waals surface area contributed by atoms with E-state index in [1.807, 2.05) is 11.3 Å². The summed E-state index contributed by atoms with van der Waals surface area (Å²) in [7, 11) is 0. The molecule has 1 atom stereocenters. The SMILES string of the molecule is c1ccc(N(c2ccccc2)c2ccc3c(c2)C2(c4ccccc4-c4ccccc4-3)c3ccccc3-c3cc4c(cc32)sc2ccccc24)cc1. The van der Waals surface area contributed by atoms with E-state index in [-0.39, 0.29) is 0 Å². The lowest BCUT2D eigenvalue weighted by Gasteiger charge is -2.36. The van der Waals surface area contributed by atoms with Gasteiger partial charge in [-0.15, -0.1) is 11.3 Å². The first-order valence-electron chi connectivity index (χ1n) is 17.6. The fourth-order valence-corrected chi connectivity index (χ4v) is 10.2. The monoisotopic (exact) mass is 665 g/mol. The topological polar surface area (TPSA) is 3.24 Å². The molecule has 1 unspecified atom stereocenters. The highest BCUT2D eigenvalue weighted by molar-refractivity contribution is 7.25. The number of hydrogen-bond donors (Lipinski definition) is 0. The lowest BCUT2D eigenvalue weighted by atomic mass is 9.65. The predicted octanol–water partition coefficient (Wildman–Crippen LogP) is 13.5. The average molecular weight is 666 g/mol. The third-order valence-corrected chi connectivity index (χ3v) is 12.2. The smallest absolute Gasteiger partial charge is 0.0726 e. The van der Waals surface area contributed by atoms with Crippen LogP contribution >= 0.6 is 11.3 Å². The Bertz CT molecular complexity index is 2770. The van der Waals surface area contributed by atoms with Crippen LogP contribution in [0, 0.1) is 0 Å². The van der Waals surface area contributed by atoms with Gasteiger partial charge in [0.2, 0.25) is 0 Å². The Labute approximate surface area is 301 Å². The van der Waals surface area contributed by atoms with E-state index in [0.29, 0.717) is 0 Å². The van der Waals surface area contributed by atoms with Gasteiger partial charge in [-0.2, -0.15) is 0 Å². The van der Waals surface area contributed by atoms with E-state index in [1.165, 1.54) is 75.8 Å². The number of rotatable bonds is 3. The van der Waals surface area contributed by atoms with Gasteiger partial charge in [-0.3, -0.25) is 0 Å². The number of benzene rings is 8. The second-order valence-electron chi connectivity index (χ2n) is 13.6. The van der Waals surface area contributed by atoms with Crippen LogP contribution in [0.2, 0.25) is 0 Å². The van der Waals surface area contributed by atoms with Gasteiger partial charge in [-0.25, -0.2) is 0 Å². The summed E-state index contributed by atoms with van der Waals surface area (Å²) in [5.41, 5.74) is 15.9. The molecule has 51 heavy (non-hydrogen) atoms. The number of para-hydroxylation sites is 2. The molecule has 8 aromatic carbocycles. The molecule has 0 saturated heterocycles. The Morgan fingerprint density at radius 1 is 0.314 bits per heavy atom. The van der Waals surface area contributed by atoms with E-state index < -0.39 is 5.41 Å². The zero-order chi connectivity index (χ0) is 33.5.